The van der Waals surface area contributed by atoms with Crippen molar-refractivity contribution in [3.05, 3.63) is 35.6 Å². The molecule has 0 radical (unpaired) electrons. The second-order valence-corrected chi connectivity index (χ2v) is 4.43. The van der Waals surface area contributed by atoms with Gasteiger partial charge in [-0.3, -0.25) is 4.79 Å². The molecule has 25 heavy (non-hydrogen) atoms. The van der Waals surface area contributed by atoms with Gasteiger partial charge in [0.25, 0.3) is 0 Å². The lowest BCUT2D eigenvalue weighted by atomic mass is 10.0. The van der Waals surface area contributed by atoms with Gasteiger partial charge in [0.1, 0.15) is 19.0 Å². The standard InChI is InChI=1S/C13H8F7O5/c14-8-4-2-1-3-7(8)9(21)24-5-6-25-10(22)11(23,12(15,16)17)13(18,19)20/h1-4H,5-6H2/q-1. The third kappa shape index (κ3) is 4.38. The third-order valence-corrected chi connectivity index (χ3v) is 2.73. The van der Waals surface area contributed by atoms with Gasteiger partial charge >= 0.3 is 24.3 Å². The molecule has 0 heterocycles. The van der Waals surface area contributed by atoms with Crippen LogP contribution in [0, 0.1) is 5.82 Å². The fourth-order valence-electron chi connectivity index (χ4n) is 1.47. The lowest BCUT2D eigenvalue weighted by Crippen LogP contribution is -2.71. The Bertz CT molecular complexity index is 624. The highest BCUT2D eigenvalue weighted by atomic mass is 19.4. The molecule has 140 valence electrons. The zero-order chi connectivity index (χ0) is 19.5. The lowest BCUT2D eigenvalue weighted by Gasteiger charge is -2.40. The van der Waals surface area contributed by atoms with E-state index in [1.807, 2.05) is 0 Å². The van der Waals surface area contributed by atoms with Crippen molar-refractivity contribution in [3.63, 3.8) is 0 Å². The van der Waals surface area contributed by atoms with E-state index >= 15 is 0 Å². The Morgan fingerprint density at radius 2 is 1.40 bits per heavy atom. The number of carbonyl (C=O) groups is 2. The van der Waals surface area contributed by atoms with Crippen LogP contribution in [-0.2, 0) is 14.3 Å². The molecule has 1 aromatic carbocycles. The zero-order valence-electron chi connectivity index (χ0n) is 11.9. The number of halogens is 7. The van der Waals surface area contributed by atoms with Crippen molar-refractivity contribution in [1.29, 1.82) is 0 Å². The van der Waals surface area contributed by atoms with Gasteiger partial charge in [0.05, 0.1) is 5.56 Å². The van der Waals surface area contributed by atoms with Gasteiger partial charge in [-0.05, 0) is 12.1 Å². The Morgan fingerprint density at radius 3 is 1.88 bits per heavy atom. The van der Waals surface area contributed by atoms with Crippen LogP contribution < -0.4 is 5.11 Å². The molecule has 0 spiro atoms. The van der Waals surface area contributed by atoms with Crippen LogP contribution in [-0.4, -0.2) is 43.1 Å². The highest BCUT2D eigenvalue weighted by Gasteiger charge is 2.68. The second kappa shape index (κ2) is 7.25. The highest BCUT2D eigenvalue weighted by molar-refractivity contribution is 5.89. The molecule has 0 aliphatic carbocycles. The first kappa shape index (κ1) is 20.7. The zero-order valence-corrected chi connectivity index (χ0v) is 11.9. The summed E-state index contributed by atoms with van der Waals surface area (Å²) in [6.07, 6.45) is -13.0. The lowest BCUT2D eigenvalue weighted by molar-refractivity contribution is -0.574. The van der Waals surface area contributed by atoms with Gasteiger partial charge in [-0.25, -0.2) is 9.18 Å². The second-order valence-electron chi connectivity index (χ2n) is 4.43. The maximum atomic E-state index is 13.2. The van der Waals surface area contributed by atoms with E-state index in [1.54, 1.807) is 0 Å². The molecule has 0 fully saturated rings. The number of ether oxygens (including phenoxy) is 2. The van der Waals surface area contributed by atoms with Crippen LogP contribution >= 0.6 is 0 Å². The maximum absolute atomic E-state index is 13.2. The van der Waals surface area contributed by atoms with Gasteiger partial charge in [0.2, 0.25) is 0 Å². The summed E-state index contributed by atoms with van der Waals surface area (Å²) in [7, 11) is 0. The van der Waals surface area contributed by atoms with E-state index in [9.17, 15) is 45.4 Å². The van der Waals surface area contributed by atoms with Crippen molar-refractivity contribution in [2.45, 2.75) is 18.0 Å². The molecule has 0 aromatic heterocycles. The Kier molecular flexibility index (Phi) is 6.00. The summed E-state index contributed by atoms with van der Waals surface area (Å²) in [6.45, 7) is -2.26. The molecule has 1 aromatic rings. The minimum absolute atomic E-state index is 0.558. The monoisotopic (exact) mass is 377 g/mol. The van der Waals surface area contributed by atoms with E-state index in [1.165, 1.54) is 12.1 Å². The van der Waals surface area contributed by atoms with Crippen molar-refractivity contribution < 1.29 is 54.9 Å². The molecule has 0 aliphatic heterocycles. The largest absolute Gasteiger partial charge is 0.828 e. The average molecular weight is 377 g/mol. The summed E-state index contributed by atoms with van der Waals surface area (Å²) < 4.78 is 94.9. The van der Waals surface area contributed by atoms with Gasteiger partial charge in [-0.1, -0.05) is 12.1 Å². The number of alkyl halides is 6. The first-order valence-corrected chi connectivity index (χ1v) is 6.25. The van der Waals surface area contributed by atoms with E-state index in [0.717, 1.165) is 12.1 Å². The van der Waals surface area contributed by atoms with Gasteiger partial charge in [0.15, 0.2) is 5.60 Å². The van der Waals surface area contributed by atoms with E-state index in [4.69, 9.17) is 0 Å². The number of carbonyl (C=O) groups excluding carboxylic acids is 2. The third-order valence-electron chi connectivity index (χ3n) is 2.73. The number of hydrogen-bond acceptors (Lipinski definition) is 5. The van der Waals surface area contributed by atoms with Crippen molar-refractivity contribution in [3.8, 4) is 0 Å². The summed E-state index contributed by atoms with van der Waals surface area (Å²) in [5, 5.41) is 11.0. The van der Waals surface area contributed by atoms with Crippen LogP contribution in [0.15, 0.2) is 24.3 Å². The summed E-state index contributed by atoms with van der Waals surface area (Å²) in [4.78, 5) is 22.4. The predicted molar refractivity (Wildman–Crippen MR) is 62.5 cm³/mol. The molecule has 0 atom stereocenters. The molecule has 0 bridgehead atoms. The van der Waals surface area contributed by atoms with E-state index in [-0.39, 0.29) is 0 Å². The van der Waals surface area contributed by atoms with E-state index < -0.39 is 54.5 Å². The van der Waals surface area contributed by atoms with Crippen LogP contribution in [0.4, 0.5) is 30.7 Å². The average Bonchev–Trinajstić information content (AvgIpc) is 2.48. The summed E-state index contributed by atoms with van der Waals surface area (Å²) in [6, 6.07) is 4.41. The fourth-order valence-corrected chi connectivity index (χ4v) is 1.47. The number of benzene rings is 1. The topological polar surface area (TPSA) is 75.7 Å². The van der Waals surface area contributed by atoms with Crippen LogP contribution in [0.2, 0.25) is 0 Å². The van der Waals surface area contributed by atoms with Crippen molar-refractivity contribution >= 4 is 11.9 Å². The number of esters is 2. The molecule has 12 heteroatoms. The molecule has 0 aliphatic rings. The van der Waals surface area contributed by atoms with Gasteiger partial charge in [-0.2, -0.15) is 26.3 Å². The van der Waals surface area contributed by atoms with Gasteiger partial charge < -0.3 is 14.6 Å². The summed E-state index contributed by atoms with van der Waals surface area (Å²) in [5.74, 6) is -5.43. The molecule has 0 saturated carbocycles. The minimum atomic E-state index is -6.49. The summed E-state index contributed by atoms with van der Waals surface area (Å²) >= 11 is 0. The quantitative estimate of drug-likeness (QED) is 0.444. The van der Waals surface area contributed by atoms with E-state index in [0.29, 0.717) is 0 Å². The molecule has 0 unspecified atom stereocenters. The molecule has 0 saturated heterocycles. The molecule has 1 rings (SSSR count). The number of rotatable bonds is 5. The number of hydrogen-bond donors (Lipinski definition) is 0. The first-order chi connectivity index (χ1) is 11.3. The predicted octanol–water partition coefficient (Wildman–Crippen LogP) is 1.75. The molecule has 0 amide bonds. The Balaban J connectivity index is 2.65. The van der Waals surface area contributed by atoms with Crippen LogP contribution in [0.1, 0.15) is 10.4 Å². The van der Waals surface area contributed by atoms with Crippen LogP contribution in [0.3, 0.4) is 0 Å². The Hall–Kier alpha value is -2.37. The fraction of sp³-hybridized carbons (Fsp3) is 0.385. The highest BCUT2D eigenvalue weighted by Crippen LogP contribution is 2.41. The minimum Gasteiger partial charge on any atom is -0.828 e. The SMILES string of the molecule is O=C(OCCOC(=O)C([O-])(C(F)(F)F)C(F)(F)F)c1ccccc1F. The molecule has 0 N–H and O–H groups in total. The molecular formula is C13H8F7O5-. The Labute approximate surface area is 134 Å². The van der Waals surface area contributed by atoms with Crippen LogP contribution in [0.25, 0.3) is 0 Å². The van der Waals surface area contributed by atoms with Crippen molar-refractivity contribution in [2.75, 3.05) is 13.2 Å². The maximum Gasteiger partial charge on any atom is 0.399 e. The Morgan fingerprint density at radius 1 is 0.920 bits per heavy atom. The molecule has 5 nitrogen and oxygen atoms in total. The van der Waals surface area contributed by atoms with Crippen molar-refractivity contribution in [1.82, 2.24) is 0 Å². The van der Waals surface area contributed by atoms with Gasteiger partial charge in [-0.15, -0.1) is 0 Å². The van der Waals surface area contributed by atoms with Crippen molar-refractivity contribution in [2.24, 2.45) is 0 Å². The normalized spacial score (nSPS) is 12.6. The van der Waals surface area contributed by atoms with E-state index in [2.05, 4.69) is 9.47 Å². The first-order valence-electron chi connectivity index (χ1n) is 6.25. The molecular weight excluding hydrogens is 369 g/mol. The smallest absolute Gasteiger partial charge is 0.399 e. The van der Waals surface area contributed by atoms with Gasteiger partial charge in [0, 0.05) is 0 Å². The van der Waals surface area contributed by atoms with Crippen LogP contribution in [0.5, 0.6) is 0 Å². The summed E-state index contributed by atoms with van der Waals surface area (Å²) in [5.41, 5.74) is -6.53.